The van der Waals surface area contributed by atoms with Gasteiger partial charge in [0.2, 0.25) is 0 Å². The fourth-order valence-electron chi connectivity index (χ4n) is 2.33. The van der Waals surface area contributed by atoms with E-state index in [2.05, 4.69) is 9.88 Å². The van der Waals surface area contributed by atoms with Gasteiger partial charge in [0.15, 0.2) is 0 Å². The van der Waals surface area contributed by atoms with Crippen molar-refractivity contribution in [1.29, 1.82) is 0 Å². The molecule has 0 unspecified atom stereocenters. The third-order valence-electron chi connectivity index (χ3n) is 3.41. The summed E-state index contributed by atoms with van der Waals surface area (Å²) in [5.74, 6) is -0.813. The molecule has 3 N–H and O–H groups in total. The summed E-state index contributed by atoms with van der Waals surface area (Å²) in [6.07, 6.45) is 1.81. The molecule has 1 aliphatic rings. The lowest BCUT2D eigenvalue weighted by Gasteiger charge is -2.22. The number of aromatic nitrogens is 1. The first-order valence-corrected chi connectivity index (χ1v) is 6.65. The minimum absolute atomic E-state index is 0.0489. The van der Waals surface area contributed by atoms with Crippen molar-refractivity contribution in [1.82, 2.24) is 14.8 Å². The zero-order valence-electron chi connectivity index (χ0n) is 11.3. The fourth-order valence-corrected chi connectivity index (χ4v) is 2.33. The number of β-amino-alcohol motifs (C(OH)–C–C–N with tert-alkyl or cyclic N) is 1. The van der Waals surface area contributed by atoms with E-state index < -0.39 is 5.82 Å². The van der Waals surface area contributed by atoms with Crippen LogP contribution in [0.15, 0.2) is 12.3 Å². The summed E-state index contributed by atoms with van der Waals surface area (Å²) in [4.78, 5) is 19.8. The maximum Gasteiger partial charge on any atom is 0.257 e. The number of halogens is 1. The van der Waals surface area contributed by atoms with E-state index in [4.69, 9.17) is 10.8 Å². The van der Waals surface area contributed by atoms with Gasteiger partial charge in [0.1, 0.15) is 11.6 Å². The Bertz CT molecular complexity index is 483. The predicted molar refractivity (Wildman–Crippen MR) is 72.7 cm³/mol. The summed E-state index contributed by atoms with van der Waals surface area (Å²) in [6.45, 7) is 3.36. The van der Waals surface area contributed by atoms with Crippen LogP contribution in [0.25, 0.3) is 0 Å². The normalized spacial score (nSPS) is 17.0. The molecule has 1 aliphatic heterocycles. The Morgan fingerprint density at radius 3 is 2.95 bits per heavy atom. The molecule has 0 spiro atoms. The number of aliphatic hydroxyl groups excluding tert-OH is 1. The topological polar surface area (TPSA) is 82.7 Å². The number of nitrogen functional groups attached to an aromatic ring is 1. The van der Waals surface area contributed by atoms with E-state index in [0.29, 0.717) is 26.2 Å². The lowest BCUT2D eigenvalue weighted by atomic mass is 10.2. The molecule has 0 bridgehead atoms. The van der Waals surface area contributed by atoms with E-state index in [1.54, 1.807) is 4.90 Å². The van der Waals surface area contributed by atoms with E-state index in [1.807, 2.05) is 0 Å². The van der Waals surface area contributed by atoms with Crippen LogP contribution < -0.4 is 5.73 Å². The van der Waals surface area contributed by atoms with Crippen molar-refractivity contribution in [3.8, 4) is 0 Å². The van der Waals surface area contributed by atoms with Crippen molar-refractivity contribution in [3.63, 3.8) is 0 Å². The second-order valence-electron chi connectivity index (χ2n) is 4.80. The summed E-state index contributed by atoms with van der Waals surface area (Å²) < 4.78 is 13.2. The molecule has 1 aromatic heterocycles. The number of hydrogen-bond acceptors (Lipinski definition) is 5. The van der Waals surface area contributed by atoms with Gasteiger partial charge >= 0.3 is 0 Å². The quantitative estimate of drug-likeness (QED) is 0.812. The third-order valence-corrected chi connectivity index (χ3v) is 3.41. The third kappa shape index (κ3) is 3.43. The molecular weight excluding hydrogens is 263 g/mol. The van der Waals surface area contributed by atoms with Gasteiger partial charge in [0, 0.05) is 26.2 Å². The Labute approximate surface area is 117 Å². The molecule has 0 aromatic carbocycles. The highest BCUT2D eigenvalue weighted by molar-refractivity contribution is 5.98. The number of nitrogens with two attached hydrogens (primary N) is 1. The van der Waals surface area contributed by atoms with Gasteiger partial charge in [-0.05, 0) is 19.0 Å². The van der Waals surface area contributed by atoms with Crippen LogP contribution in [0.1, 0.15) is 16.8 Å². The first-order valence-electron chi connectivity index (χ1n) is 6.65. The number of anilines is 1. The van der Waals surface area contributed by atoms with Gasteiger partial charge in [0.05, 0.1) is 18.4 Å². The average Bonchev–Trinajstić information content (AvgIpc) is 2.67. The molecule has 20 heavy (non-hydrogen) atoms. The Morgan fingerprint density at radius 1 is 1.40 bits per heavy atom. The number of aliphatic hydroxyl groups is 1. The van der Waals surface area contributed by atoms with Crippen LogP contribution in [-0.2, 0) is 0 Å². The van der Waals surface area contributed by atoms with Gasteiger partial charge in [-0.1, -0.05) is 0 Å². The summed E-state index contributed by atoms with van der Waals surface area (Å²) in [7, 11) is 0. The van der Waals surface area contributed by atoms with E-state index in [9.17, 15) is 9.18 Å². The molecule has 0 aliphatic carbocycles. The fraction of sp³-hybridized carbons (Fsp3) is 0.538. The van der Waals surface area contributed by atoms with Crippen LogP contribution in [0.5, 0.6) is 0 Å². The number of amides is 1. The monoisotopic (exact) mass is 282 g/mol. The van der Waals surface area contributed by atoms with Crippen LogP contribution >= 0.6 is 0 Å². The van der Waals surface area contributed by atoms with Crippen LogP contribution in [0.2, 0.25) is 0 Å². The molecule has 110 valence electrons. The Kier molecular flexibility index (Phi) is 4.86. The Balaban J connectivity index is 2.07. The number of carbonyl (C=O) groups is 1. The number of rotatable bonds is 3. The lowest BCUT2D eigenvalue weighted by molar-refractivity contribution is 0.0760. The molecule has 6 nitrogen and oxygen atoms in total. The summed E-state index contributed by atoms with van der Waals surface area (Å²) in [6, 6.07) is 1.13. The second-order valence-corrected chi connectivity index (χ2v) is 4.80. The molecule has 1 aromatic rings. The van der Waals surface area contributed by atoms with Gasteiger partial charge in [-0.3, -0.25) is 9.69 Å². The highest BCUT2D eigenvalue weighted by Crippen LogP contribution is 2.14. The predicted octanol–water partition coefficient (Wildman–Crippen LogP) is -0.0569. The van der Waals surface area contributed by atoms with Crippen molar-refractivity contribution in [2.75, 3.05) is 45.1 Å². The highest BCUT2D eigenvalue weighted by Gasteiger charge is 2.22. The summed E-state index contributed by atoms with van der Waals surface area (Å²) in [5.41, 5.74) is 5.75. The van der Waals surface area contributed by atoms with Gasteiger partial charge in [-0.25, -0.2) is 9.37 Å². The van der Waals surface area contributed by atoms with E-state index in [0.717, 1.165) is 25.2 Å². The minimum atomic E-state index is -0.570. The highest BCUT2D eigenvalue weighted by atomic mass is 19.1. The zero-order chi connectivity index (χ0) is 14.5. The summed E-state index contributed by atoms with van der Waals surface area (Å²) in [5, 5.41) is 8.94. The molecule has 7 heteroatoms. The van der Waals surface area contributed by atoms with Crippen LogP contribution in [0.4, 0.5) is 10.2 Å². The van der Waals surface area contributed by atoms with Gasteiger partial charge in [-0.2, -0.15) is 0 Å². The van der Waals surface area contributed by atoms with Crippen molar-refractivity contribution in [2.45, 2.75) is 6.42 Å². The molecule has 0 radical (unpaired) electrons. The number of carbonyl (C=O) groups excluding carboxylic acids is 1. The second kappa shape index (κ2) is 6.62. The minimum Gasteiger partial charge on any atom is -0.395 e. The van der Waals surface area contributed by atoms with Gasteiger partial charge < -0.3 is 15.7 Å². The number of nitrogens with zero attached hydrogens (tertiary/aromatic N) is 3. The van der Waals surface area contributed by atoms with Crippen LogP contribution in [-0.4, -0.2) is 65.1 Å². The number of hydrogen-bond donors (Lipinski definition) is 2. The molecule has 2 rings (SSSR count). The molecule has 1 fully saturated rings. The maximum atomic E-state index is 13.2. The first kappa shape index (κ1) is 14.7. The van der Waals surface area contributed by atoms with Gasteiger partial charge in [0.25, 0.3) is 5.91 Å². The van der Waals surface area contributed by atoms with Gasteiger partial charge in [-0.15, -0.1) is 0 Å². The Hall–Kier alpha value is -1.73. The van der Waals surface area contributed by atoms with E-state index in [1.165, 1.54) is 0 Å². The van der Waals surface area contributed by atoms with E-state index in [-0.39, 0.29) is 23.9 Å². The van der Waals surface area contributed by atoms with Crippen molar-refractivity contribution >= 4 is 11.7 Å². The lowest BCUT2D eigenvalue weighted by Crippen LogP contribution is -2.36. The molecule has 0 saturated carbocycles. The molecule has 2 heterocycles. The largest absolute Gasteiger partial charge is 0.395 e. The first-order chi connectivity index (χ1) is 9.61. The smallest absolute Gasteiger partial charge is 0.257 e. The standard InChI is InChI=1S/C13H19FN4O2/c14-10-8-11(12(15)16-9-10)13(20)18-3-1-2-17(4-5-18)6-7-19/h8-9,19H,1-7H2,(H2,15,16). The Morgan fingerprint density at radius 2 is 2.20 bits per heavy atom. The number of pyridine rings is 1. The maximum absolute atomic E-state index is 13.2. The zero-order valence-corrected chi connectivity index (χ0v) is 11.3. The summed E-state index contributed by atoms with van der Waals surface area (Å²) >= 11 is 0. The van der Waals surface area contributed by atoms with Crippen LogP contribution in [0, 0.1) is 5.82 Å². The molecule has 0 atom stereocenters. The van der Waals surface area contributed by atoms with Crippen molar-refractivity contribution < 1.29 is 14.3 Å². The van der Waals surface area contributed by atoms with Crippen molar-refractivity contribution in [2.24, 2.45) is 0 Å². The molecule has 1 saturated heterocycles. The average molecular weight is 282 g/mol. The van der Waals surface area contributed by atoms with Crippen LogP contribution in [0.3, 0.4) is 0 Å². The molecule has 1 amide bonds. The SMILES string of the molecule is Nc1ncc(F)cc1C(=O)N1CCCN(CCO)CC1. The van der Waals surface area contributed by atoms with E-state index >= 15 is 0 Å². The molecular formula is C13H19FN4O2. The van der Waals surface area contributed by atoms with Crippen molar-refractivity contribution in [3.05, 3.63) is 23.6 Å².